The van der Waals surface area contributed by atoms with E-state index in [2.05, 4.69) is 5.32 Å². The summed E-state index contributed by atoms with van der Waals surface area (Å²) < 4.78 is 15.4. The molecule has 6 nitrogen and oxygen atoms in total. The van der Waals surface area contributed by atoms with Crippen LogP contribution in [0.2, 0.25) is 0 Å². The minimum absolute atomic E-state index is 0.0906. The van der Waals surface area contributed by atoms with Gasteiger partial charge in [0.15, 0.2) is 17.4 Å². The third-order valence-corrected chi connectivity index (χ3v) is 4.47. The Hall–Kier alpha value is -3.65. The number of nitro benzene ring substituents is 1. The Kier molecular flexibility index (Phi) is 5.94. The van der Waals surface area contributed by atoms with Gasteiger partial charge in [0.05, 0.1) is 4.92 Å². The topological polar surface area (TPSA) is 82.1 Å². The van der Waals surface area contributed by atoms with Crippen LogP contribution in [0.15, 0.2) is 73.1 Å². The van der Waals surface area contributed by atoms with E-state index in [1.807, 2.05) is 0 Å². The number of hydrogen-bond donors (Lipinski definition) is 1. The third kappa shape index (κ3) is 4.61. The Balaban J connectivity index is 2.04. The average Bonchev–Trinajstić information content (AvgIpc) is 2.71. The molecular formula is C21H16FN3O3S. The first-order valence-corrected chi connectivity index (χ1v) is 8.98. The van der Waals surface area contributed by atoms with Crippen LogP contribution < -0.4 is 15.0 Å². The number of aryl methyl sites for hydroxylation is 1. The fourth-order valence-corrected chi connectivity index (χ4v) is 2.93. The molecule has 1 heterocycles. The number of nitrogens with one attached hydrogen (secondary N) is 1. The van der Waals surface area contributed by atoms with Gasteiger partial charge in [-0.3, -0.25) is 10.1 Å². The molecule has 29 heavy (non-hydrogen) atoms. The molecule has 0 aliphatic carbocycles. The number of anilines is 1. The number of nitrogens with zero attached hydrogens (tertiary/aromatic N) is 2. The fourth-order valence-electron chi connectivity index (χ4n) is 2.62. The normalized spacial score (nSPS) is 11.5. The summed E-state index contributed by atoms with van der Waals surface area (Å²) in [5.74, 6) is -0.824. The molecular weight excluding hydrogens is 393 g/mol. The average molecular weight is 409 g/mol. The Bertz CT molecular complexity index is 1100. The van der Waals surface area contributed by atoms with Crippen LogP contribution in [0.5, 0.6) is 0 Å². The van der Waals surface area contributed by atoms with E-state index in [9.17, 15) is 19.6 Å². The summed E-state index contributed by atoms with van der Waals surface area (Å²) in [6, 6.07) is 15.1. The molecule has 0 aliphatic rings. The molecule has 2 aromatic carbocycles. The van der Waals surface area contributed by atoms with E-state index in [4.69, 9.17) is 12.2 Å². The van der Waals surface area contributed by atoms with Gasteiger partial charge in [0.25, 0.3) is 5.69 Å². The first-order valence-electron chi connectivity index (χ1n) is 8.57. The second-order valence-electron chi connectivity index (χ2n) is 6.18. The molecule has 0 saturated heterocycles. The smallest absolute Gasteiger partial charge is 0.269 e. The SMILES string of the molecule is Cc1ccc(NC(=S)C(=C([O-])c2ccc([N+](=O)[O-])cc2)[n+]2ccccc2)cc1F. The number of thiocarbonyl (C=S) groups is 1. The number of nitro groups is 1. The summed E-state index contributed by atoms with van der Waals surface area (Å²) in [6.45, 7) is 1.65. The van der Waals surface area contributed by atoms with E-state index in [1.165, 1.54) is 30.3 Å². The van der Waals surface area contributed by atoms with E-state index in [1.54, 1.807) is 54.2 Å². The van der Waals surface area contributed by atoms with Crippen LogP contribution in [0.25, 0.3) is 11.5 Å². The Morgan fingerprint density at radius 2 is 1.76 bits per heavy atom. The molecule has 0 spiro atoms. The van der Waals surface area contributed by atoms with Crippen molar-refractivity contribution in [2.45, 2.75) is 6.92 Å². The zero-order valence-corrected chi connectivity index (χ0v) is 16.2. The van der Waals surface area contributed by atoms with E-state index in [-0.39, 0.29) is 21.9 Å². The predicted molar refractivity (Wildman–Crippen MR) is 110 cm³/mol. The Morgan fingerprint density at radius 1 is 1.10 bits per heavy atom. The van der Waals surface area contributed by atoms with Crippen molar-refractivity contribution in [3.63, 3.8) is 0 Å². The zero-order valence-electron chi connectivity index (χ0n) is 15.3. The van der Waals surface area contributed by atoms with Crippen molar-refractivity contribution in [1.82, 2.24) is 0 Å². The lowest BCUT2D eigenvalue weighted by molar-refractivity contribution is -0.577. The number of non-ortho nitro benzene ring substituents is 1. The molecule has 0 unspecified atom stereocenters. The Morgan fingerprint density at radius 3 is 2.34 bits per heavy atom. The van der Waals surface area contributed by atoms with Crippen LogP contribution in [-0.2, 0) is 0 Å². The van der Waals surface area contributed by atoms with Gasteiger partial charge in [0.2, 0.25) is 5.70 Å². The lowest BCUT2D eigenvalue weighted by Crippen LogP contribution is -2.39. The maximum Gasteiger partial charge on any atom is 0.269 e. The molecule has 0 amide bonds. The molecule has 1 aromatic heterocycles. The molecule has 0 saturated carbocycles. The van der Waals surface area contributed by atoms with Gasteiger partial charge in [-0.2, -0.15) is 4.57 Å². The van der Waals surface area contributed by atoms with Crippen molar-refractivity contribution in [2.24, 2.45) is 0 Å². The number of halogens is 1. The van der Waals surface area contributed by atoms with Crippen molar-refractivity contribution in [2.75, 3.05) is 5.32 Å². The largest absolute Gasteiger partial charge is 0.867 e. The third-order valence-electron chi connectivity index (χ3n) is 4.17. The molecule has 1 N–H and O–H groups in total. The molecule has 0 aliphatic heterocycles. The molecule has 0 atom stereocenters. The zero-order chi connectivity index (χ0) is 21.0. The standard InChI is InChI=1S/C21H16FN3O3S/c1-14-5-8-16(13-18(14)22)23-21(29)19(24-11-3-2-4-12-24)20(26)15-6-9-17(10-7-15)25(27)28/h2-13H,1H3,(H-,23,26,29). The highest BCUT2D eigenvalue weighted by Gasteiger charge is 2.19. The van der Waals surface area contributed by atoms with Crippen LogP contribution >= 0.6 is 12.2 Å². The van der Waals surface area contributed by atoms with Crippen LogP contribution in [0, 0.1) is 22.9 Å². The van der Waals surface area contributed by atoms with Gasteiger partial charge >= 0.3 is 0 Å². The summed E-state index contributed by atoms with van der Waals surface area (Å²) in [5.41, 5.74) is 1.15. The highest BCUT2D eigenvalue weighted by atomic mass is 32.1. The number of benzene rings is 2. The van der Waals surface area contributed by atoms with Gasteiger partial charge in [0.1, 0.15) is 5.82 Å². The second kappa shape index (κ2) is 8.57. The molecule has 0 fully saturated rings. The van der Waals surface area contributed by atoms with Crippen LogP contribution in [-0.4, -0.2) is 9.91 Å². The van der Waals surface area contributed by atoms with Gasteiger partial charge in [-0.05, 0) is 48.1 Å². The number of aromatic nitrogens is 1. The van der Waals surface area contributed by atoms with E-state index in [0.29, 0.717) is 11.3 Å². The number of pyridine rings is 1. The molecule has 0 radical (unpaired) electrons. The number of rotatable bonds is 5. The molecule has 3 aromatic rings. The minimum Gasteiger partial charge on any atom is -0.867 e. The Labute approximate surface area is 171 Å². The van der Waals surface area contributed by atoms with Gasteiger partial charge in [-0.15, -0.1) is 0 Å². The van der Waals surface area contributed by atoms with Crippen molar-refractivity contribution in [1.29, 1.82) is 0 Å². The first-order chi connectivity index (χ1) is 13.9. The van der Waals surface area contributed by atoms with Gasteiger partial charge in [0, 0.05) is 30.0 Å². The monoisotopic (exact) mass is 409 g/mol. The lowest BCUT2D eigenvalue weighted by Gasteiger charge is -2.17. The summed E-state index contributed by atoms with van der Waals surface area (Å²) >= 11 is 5.44. The van der Waals surface area contributed by atoms with E-state index >= 15 is 0 Å². The van der Waals surface area contributed by atoms with Crippen LogP contribution in [0.4, 0.5) is 15.8 Å². The van der Waals surface area contributed by atoms with Crippen LogP contribution in [0.1, 0.15) is 11.1 Å². The summed E-state index contributed by atoms with van der Waals surface area (Å²) in [6.07, 6.45) is 3.31. The van der Waals surface area contributed by atoms with Crippen molar-refractivity contribution in [3.05, 3.63) is 100 Å². The lowest BCUT2D eigenvalue weighted by atomic mass is 10.1. The molecule has 0 bridgehead atoms. The van der Waals surface area contributed by atoms with Crippen molar-refractivity contribution >= 4 is 40.0 Å². The first kappa shape index (κ1) is 20.1. The van der Waals surface area contributed by atoms with Gasteiger partial charge in [-0.1, -0.05) is 24.4 Å². The van der Waals surface area contributed by atoms with Gasteiger partial charge in [-0.25, -0.2) is 4.39 Å². The summed E-state index contributed by atoms with van der Waals surface area (Å²) in [4.78, 5) is 10.4. The maximum atomic E-state index is 13.9. The van der Waals surface area contributed by atoms with Crippen molar-refractivity contribution in [3.8, 4) is 0 Å². The highest BCUT2D eigenvalue weighted by Crippen LogP contribution is 2.20. The summed E-state index contributed by atoms with van der Waals surface area (Å²) in [5, 5.41) is 26.9. The highest BCUT2D eigenvalue weighted by molar-refractivity contribution is 7.81. The quantitative estimate of drug-likeness (QED) is 0.174. The maximum absolute atomic E-state index is 13.9. The van der Waals surface area contributed by atoms with Crippen molar-refractivity contribution < 1.29 is 19.0 Å². The molecule has 3 rings (SSSR count). The van der Waals surface area contributed by atoms with E-state index in [0.717, 1.165) is 0 Å². The van der Waals surface area contributed by atoms with Gasteiger partial charge < -0.3 is 10.4 Å². The molecule has 8 heteroatoms. The molecule has 146 valence electrons. The van der Waals surface area contributed by atoms with Crippen LogP contribution in [0.3, 0.4) is 0 Å². The fraction of sp³-hybridized carbons (Fsp3) is 0.0476. The second-order valence-corrected chi connectivity index (χ2v) is 6.59. The number of hydrogen-bond acceptors (Lipinski definition) is 4. The predicted octanol–water partition coefficient (Wildman–Crippen LogP) is 3.46. The summed E-state index contributed by atoms with van der Waals surface area (Å²) in [7, 11) is 0. The minimum atomic E-state index is -0.539. The van der Waals surface area contributed by atoms with E-state index < -0.39 is 16.5 Å².